The molecule has 2 amide bonds. The van der Waals surface area contributed by atoms with Crippen LogP contribution in [0, 0.1) is 7.43 Å². The van der Waals surface area contributed by atoms with Crippen molar-refractivity contribution in [3.63, 3.8) is 0 Å². The number of nitrogens with zero attached hydrogens (tertiary/aromatic N) is 2. The van der Waals surface area contributed by atoms with E-state index >= 15 is 0 Å². The van der Waals surface area contributed by atoms with Crippen LogP contribution in [0.25, 0.3) is 0 Å². The normalized spacial score (nSPS) is 10.9. The number of ether oxygens (including phenoxy) is 2. The van der Waals surface area contributed by atoms with Gasteiger partial charge in [0.1, 0.15) is 28.6 Å². The summed E-state index contributed by atoms with van der Waals surface area (Å²) in [7, 11) is 0. The van der Waals surface area contributed by atoms with Gasteiger partial charge in [0, 0.05) is 25.2 Å². The summed E-state index contributed by atoms with van der Waals surface area (Å²) in [6.07, 6.45) is 2.85. The molecule has 2 rings (SSSR count). The fourth-order valence-corrected chi connectivity index (χ4v) is 2.91. The number of anilines is 2. The minimum Gasteiger partial charge on any atom is -0.444 e. The van der Waals surface area contributed by atoms with Crippen LogP contribution in [0.1, 0.15) is 73.4 Å². The number of aromatic nitrogens is 2. The van der Waals surface area contributed by atoms with Gasteiger partial charge in [-0.25, -0.2) is 19.6 Å². The van der Waals surface area contributed by atoms with E-state index in [1.54, 1.807) is 92.0 Å². The van der Waals surface area contributed by atoms with E-state index < -0.39 is 29.0 Å². The van der Waals surface area contributed by atoms with Crippen molar-refractivity contribution >= 4 is 29.6 Å². The van der Waals surface area contributed by atoms with Crippen molar-refractivity contribution in [1.29, 1.82) is 0 Å². The fraction of sp³-hybridized carbons (Fsp3) is 0.500. The number of Topliss-reactive ketones (excluding diaryl/α,β-unsaturated/α-hetero) is 1. The first-order valence-electron chi connectivity index (χ1n) is 11.9. The van der Waals surface area contributed by atoms with Gasteiger partial charge in [0.15, 0.2) is 0 Å². The van der Waals surface area contributed by atoms with Gasteiger partial charge in [0.2, 0.25) is 0 Å². The zero-order valence-corrected chi connectivity index (χ0v) is 25.3. The zero-order chi connectivity index (χ0) is 28.4. The number of carbonyl (C=O) groups excluding carboxylic acids is 3. The number of ketones is 1. The molecule has 39 heavy (non-hydrogen) atoms. The topological polar surface area (TPSA) is 140 Å². The third kappa shape index (κ3) is 19.7. The Labute approximate surface area is 244 Å². The second kappa shape index (κ2) is 16.2. The summed E-state index contributed by atoms with van der Waals surface area (Å²) < 4.78 is 10.2. The van der Waals surface area contributed by atoms with E-state index in [2.05, 4.69) is 20.6 Å². The predicted octanol–water partition coefficient (Wildman–Crippen LogP) is 2.76. The number of amides is 2. The van der Waals surface area contributed by atoms with Crippen molar-refractivity contribution in [3.8, 4) is 0 Å². The Morgan fingerprint density at radius 1 is 0.795 bits per heavy atom. The molecule has 0 aliphatic heterocycles. The van der Waals surface area contributed by atoms with Crippen molar-refractivity contribution in [2.75, 3.05) is 10.6 Å². The van der Waals surface area contributed by atoms with Crippen LogP contribution in [-0.4, -0.2) is 49.8 Å². The molecule has 0 radical (unpaired) electrons. The van der Waals surface area contributed by atoms with Crippen LogP contribution in [0.2, 0.25) is 0 Å². The Kier molecular flexibility index (Phi) is 15.9. The SMILES string of the molecule is CC(=O)Cc1ccnc(NC(=O)OC(C)(C)C)c1.CC(C)(O)Cc1ccnc(NC(=O)OC(C)(C)C)c1.[CH3-].[Li+]. The first-order chi connectivity index (χ1) is 16.8. The summed E-state index contributed by atoms with van der Waals surface area (Å²) in [5.74, 6) is 0.850. The third-order valence-corrected chi connectivity index (χ3v) is 4.00. The van der Waals surface area contributed by atoms with Crippen LogP contribution in [0.5, 0.6) is 0 Å². The molecule has 0 aliphatic rings. The van der Waals surface area contributed by atoms with E-state index in [9.17, 15) is 19.5 Å². The maximum atomic E-state index is 11.6. The molecule has 0 saturated heterocycles. The average Bonchev–Trinajstić information content (AvgIpc) is 2.64. The number of nitrogens with one attached hydrogen (secondary N) is 2. The van der Waals surface area contributed by atoms with Gasteiger partial charge in [-0.2, -0.15) is 0 Å². The Balaban J connectivity index is 0. The molecule has 0 atom stereocenters. The van der Waals surface area contributed by atoms with E-state index in [0.717, 1.165) is 11.1 Å². The van der Waals surface area contributed by atoms with Gasteiger partial charge in [-0.15, -0.1) is 0 Å². The number of rotatable bonds is 6. The van der Waals surface area contributed by atoms with Crippen LogP contribution in [0.3, 0.4) is 0 Å². The van der Waals surface area contributed by atoms with Gasteiger partial charge >= 0.3 is 31.0 Å². The Bertz CT molecular complexity index is 1070. The van der Waals surface area contributed by atoms with Gasteiger partial charge in [0.05, 0.1) is 5.60 Å². The van der Waals surface area contributed by atoms with Crippen molar-refractivity contribution in [2.24, 2.45) is 0 Å². The Morgan fingerprint density at radius 3 is 1.54 bits per heavy atom. The number of hydrogen-bond donors (Lipinski definition) is 3. The van der Waals surface area contributed by atoms with Crippen molar-refractivity contribution < 1.29 is 47.8 Å². The Morgan fingerprint density at radius 2 is 1.18 bits per heavy atom. The molecule has 0 unspecified atom stereocenters. The van der Waals surface area contributed by atoms with Gasteiger partial charge in [0.25, 0.3) is 0 Å². The molecule has 0 fully saturated rings. The number of hydrogen-bond acceptors (Lipinski definition) is 8. The first-order valence-corrected chi connectivity index (χ1v) is 11.9. The summed E-state index contributed by atoms with van der Waals surface area (Å²) in [5.41, 5.74) is -0.197. The molecule has 2 aromatic rings. The third-order valence-electron chi connectivity index (χ3n) is 4.00. The molecule has 2 aromatic heterocycles. The monoisotopic (exact) mass is 538 g/mol. The van der Waals surface area contributed by atoms with E-state index in [1.165, 1.54) is 6.92 Å². The van der Waals surface area contributed by atoms with E-state index in [4.69, 9.17) is 9.47 Å². The van der Waals surface area contributed by atoms with Gasteiger partial charge in [-0.3, -0.25) is 15.4 Å². The molecule has 2 heterocycles. The smallest absolute Gasteiger partial charge is 0.444 e. The molecule has 11 heteroatoms. The molecule has 0 bridgehead atoms. The van der Waals surface area contributed by atoms with Crippen LogP contribution in [0.4, 0.5) is 21.2 Å². The average molecular weight is 539 g/mol. The molecule has 0 spiro atoms. The molecule has 3 N–H and O–H groups in total. The standard InChI is InChI=1S/C14H22N2O3.C13H18N2O3.CH3.Li/c1-13(2,3)19-12(17)16-11-8-10(6-7-15-11)9-14(4,5)18;1-9(16)7-10-5-6-14-11(8-10)15-12(17)18-13(2,3)4;;/h6-8,18H,9H2,1-5H3,(H,15,16,17);5-6,8H,7H2,1-4H3,(H,14,15,17);1H3;/q;;-1;+1. The first kappa shape index (κ1) is 38.2. The second-order valence-corrected chi connectivity index (χ2v) is 11.2. The fourth-order valence-electron chi connectivity index (χ4n) is 2.91. The minimum atomic E-state index is -0.801. The van der Waals surface area contributed by atoms with Crippen LogP contribution < -0.4 is 29.5 Å². The van der Waals surface area contributed by atoms with E-state index in [-0.39, 0.29) is 32.1 Å². The molecular weight excluding hydrogens is 495 g/mol. The van der Waals surface area contributed by atoms with Crippen molar-refractivity contribution in [1.82, 2.24) is 9.97 Å². The van der Waals surface area contributed by atoms with Crippen LogP contribution >= 0.6 is 0 Å². The molecule has 10 nitrogen and oxygen atoms in total. The maximum Gasteiger partial charge on any atom is 1.00 e. The summed E-state index contributed by atoms with van der Waals surface area (Å²) in [4.78, 5) is 42.2. The second-order valence-electron chi connectivity index (χ2n) is 11.2. The quantitative estimate of drug-likeness (QED) is 0.377. The zero-order valence-electron chi connectivity index (χ0n) is 25.3. The molecule has 212 valence electrons. The minimum absolute atomic E-state index is 0. The molecular formula is C28H43LiN4O6. The van der Waals surface area contributed by atoms with Crippen LogP contribution in [-0.2, 0) is 27.1 Å². The van der Waals surface area contributed by atoms with Gasteiger partial charge < -0.3 is 22.0 Å². The number of carbonyl (C=O) groups is 3. The molecule has 0 aromatic carbocycles. The summed E-state index contributed by atoms with van der Waals surface area (Å²) >= 11 is 0. The van der Waals surface area contributed by atoms with Gasteiger partial charge in [-0.1, -0.05) is 0 Å². The largest absolute Gasteiger partial charge is 1.00 e. The molecule has 0 saturated carbocycles. The summed E-state index contributed by atoms with van der Waals surface area (Å²) in [6.45, 7) is 15.7. The van der Waals surface area contributed by atoms with Crippen LogP contribution in [0.15, 0.2) is 36.7 Å². The maximum absolute atomic E-state index is 11.6. The number of pyridine rings is 2. The number of aliphatic hydroxyl groups is 1. The molecule has 0 aliphatic carbocycles. The van der Waals surface area contributed by atoms with Crippen molar-refractivity contribution in [3.05, 3.63) is 55.2 Å². The van der Waals surface area contributed by atoms with Crippen molar-refractivity contribution in [2.45, 2.75) is 92.0 Å². The Hall–Kier alpha value is -2.93. The summed E-state index contributed by atoms with van der Waals surface area (Å²) in [5, 5.41) is 14.9. The summed E-state index contributed by atoms with van der Waals surface area (Å²) in [6, 6.07) is 6.92. The van der Waals surface area contributed by atoms with E-state index in [1.807, 2.05) is 0 Å². The van der Waals surface area contributed by atoms with E-state index in [0.29, 0.717) is 24.5 Å². The van der Waals surface area contributed by atoms with Gasteiger partial charge in [-0.05, 0) is 97.7 Å². The predicted molar refractivity (Wildman–Crippen MR) is 149 cm³/mol.